The maximum Gasteiger partial charge on any atom is 0.358 e. The van der Waals surface area contributed by atoms with Crippen molar-refractivity contribution in [3.05, 3.63) is 18.2 Å². The third-order valence-corrected chi connectivity index (χ3v) is 4.00. The molecule has 0 aromatic carbocycles. The standard InChI is InChI=1S/C13H20N4O3S/c1-2-20-12(18)11-9-16(10-15-11)4-3-14-13(19)17-5-7-21-8-6-17/h9-10H,2-8H2,1H3,(H,14,19). The van der Waals surface area contributed by atoms with Crippen LogP contribution in [0.5, 0.6) is 0 Å². The summed E-state index contributed by atoms with van der Waals surface area (Å²) in [6.07, 6.45) is 3.19. The SMILES string of the molecule is CCOC(=O)c1cn(CCNC(=O)N2CCSCC2)cn1. The smallest absolute Gasteiger partial charge is 0.358 e. The van der Waals surface area contributed by atoms with Crippen molar-refractivity contribution in [3.8, 4) is 0 Å². The van der Waals surface area contributed by atoms with E-state index in [1.54, 1.807) is 24.0 Å². The maximum absolute atomic E-state index is 11.9. The summed E-state index contributed by atoms with van der Waals surface area (Å²) in [6, 6.07) is -0.0268. The van der Waals surface area contributed by atoms with Gasteiger partial charge in [0, 0.05) is 43.9 Å². The van der Waals surface area contributed by atoms with Crippen molar-refractivity contribution >= 4 is 23.8 Å². The normalized spacial score (nSPS) is 14.8. The number of nitrogens with one attached hydrogen (secondary N) is 1. The van der Waals surface area contributed by atoms with Crippen LogP contribution in [-0.2, 0) is 11.3 Å². The average molecular weight is 312 g/mol. The van der Waals surface area contributed by atoms with E-state index in [1.807, 2.05) is 16.7 Å². The molecule has 0 bridgehead atoms. The fourth-order valence-corrected chi connectivity index (χ4v) is 2.87. The van der Waals surface area contributed by atoms with Gasteiger partial charge in [-0.25, -0.2) is 14.6 Å². The van der Waals surface area contributed by atoms with E-state index in [9.17, 15) is 9.59 Å². The van der Waals surface area contributed by atoms with E-state index < -0.39 is 5.97 Å². The highest BCUT2D eigenvalue weighted by atomic mass is 32.2. The lowest BCUT2D eigenvalue weighted by atomic mass is 10.5. The number of hydrogen-bond acceptors (Lipinski definition) is 5. The number of hydrogen-bond donors (Lipinski definition) is 1. The molecule has 2 amide bonds. The van der Waals surface area contributed by atoms with Crippen molar-refractivity contribution in [3.63, 3.8) is 0 Å². The number of rotatable bonds is 5. The molecular weight excluding hydrogens is 292 g/mol. The van der Waals surface area contributed by atoms with Crippen LogP contribution in [0.1, 0.15) is 17.4 Å². The summed E-state index contributed by atoms with van der Waals surface area (Å²) in [6.45, 7) is 4.75. The molecule has 0 unspecified atom stereocenters. The zero-order valence-electron chi connectivity index (χ0n) is 12.1. The minimum atomic E-state index is -0.425. The predicted molar refractivity (Wildman–Crippen MR) is 80.5 cm³/mol. The molecule has 0 spiro atoms. The van der Waals surface area contributed by atoms with E-state index in [0.29, 0.717) is 19.7 Å². The van der Waals surface area contributed by atoms with Crippen LogP contribution in [0.2, 0.25) is 0 Å². The second-order valence-corrected chi connectivity index (χ2v) is 5.77. The number of aromatic nitrogens is 2. The summed E-state index contributed by atoms with van der Waals surface area (Å²) in [5.74, 6) is 1.57. The van der Waals surface area contributed by atoms with E-state index in [0.717, 1.165) is 24.6 Å². The molecule has 0 radical (unpaired) electrons. The lowest BCUT2D eigenvalue weighted by Gasteiger charge is -2.26. The summed E-state index contributed by atoms with van der Waals surface area (Å²) >= 11 is 1.87. The van der Waals surface area contributed by atoms with Gasteiger partial charge in [0.15, 0.2) is 5.69 Å². The molecule has 8 heteroatoms. The number of carbonyl (C=O) groups excluding carboxylic acids is 2. The van der Waals surface area contributed by atoms with Gasteiger partial charge in [-0.3, -0.25) is 0 Å². The van der Waals surface area contributed by atoms with Gasteiger partial charge in [-0.15, -0.1) is 0 Å². The van der Waals surface area contributed by atoms with Gasteiger partial charge in [0.1, 0.15) is 0 Å². The second-order valence-electron chi connectivity index (χ2n) is 4.55. The molecule has 2 heterocycles. The van der Waals surface area contributed by atoms with Crippen LogP contribution in [0, 0.1) is 0 Å². The molecule has 21 heavy (non-hydrogen) atoms. The van der Waals surface area contributed by atoms with Gasteiger partial charge < -0.3 is 19.5 Å². The third-order valence-electron chi connectivity index (χ3n) is 3.06. The molecule has 1 saturated heterocycles. The number of nitrogens with zero attached hydrogens (tertiary/aromatic N) is 3. The van der Waals surface area contributed by atoms with Gasteiger partial charge in [-0.2, -0.15) is 11.8 Å². The van der Waals surface area contributed by atoms with Crippen LogP contribution in [0.15, 0.2) is 12.5 Å². The summed E-state index contributed by atoms with van der Waals surface area (Å²) in [4.78, 5) is 29.2. The van der Waals surface area contributed by atoms with E-state index >= 15 is 0 Å². The van der Waals surface area contributed by atoms with Crippen molar-refractivity contribution in [1.82, 2.24) is 19.8 Å². The molecule has 1 aliphatic heterocycles. The Morgan fingerprint density at radius 1 is 1.43 bits per heavy atom. The Hall–Kier alpha value is -1.70. The first-order chi connectivity index (χ1) is 10.2. The topological polar surface area (TPSA) is 76.5 Å². The second kappa shape index (κ2) is 7.92. The van der Waals surface area contributed by atoms with Crippen LogP contribution in [0.3, 0.4) is 0 Å². The highest BCUT2D eigenvalue weighted by molar-refractivity contribution is 7.99. The van der Waals surface area contributed by atoms with E-state index in [-0.39, 0.29) is 11.7 Å². The Morgan fingerprint density at radius 3 is 2.90 bits per heavy atom. The quantitative estimate of drug-likeness (QED) is 0.815. The molecule has 116 valence electrons. The average Bonchev–Trinajstić information content (AvgIpc) is 2.97. The lowest BCUT2D eigenvalue weighted by Crippen LogP contribution is -2.45. The van der Waals surface area contributed by atoms with E-state index in [4.69, 9.17) is 4.74 Å². The molecule has 1 fully saturated rings. The highest BCUT2D eigenvalue weighted by Crippen LogP contribution is 2.08. The molecule has 2 rings (SSSR count). The highest BCUT2D eigenvalue weighted by Gasteiger charge is 2.16. The number of ether oxygens (including phenoxy) is 1. The summed E-state index contributed by atoms with van der Waals surface area (Å²) in [5.41, 5.74) is 0.288. The fourth-order valence-electron chi connectivity index (χ4n) is 1.96. The molecule has 0 atom stereocenters. The van der Waals surface area contributed by atoms with Crippen LogP contribution < -0.4 is 5.32 Å². The number of esters is 1. The summed E-state index contributed by atoms with van der Waals surface area (Å²) < 4.78 is 6.63. The Kier molecular flexibility index (Phi) is 5.91. The van der Waals surface area contributed by atoms with E-state index in [2.05, 4.69) is 10.3 Å². The maximum atomic E-state index is 11.9. The molecule has 1 N–H and O–H groups in total. The Labute approximate surface area is 128 Å². The Balaban J connectivity index is 1.73. The number of carbonyl (C=O) groups is 2. The first-order valence-electron chi connectivity index (χ1n) is 7.00. The molecule has 1 aromatic heterocycles. The van der Waals surface area contributed by atoms with Gasteiger partial charge in [-0.1, -0.05) is 0 Å². The van der Waals surface area contributed by atoms with Crippen LogP contribution >= 0.6 is 11.8 Å². The third kappa shape index (κ3) is 4.66. The van der Waals surface area contributed by atoms with Crippen LogP contribution in [-0.4, -0.2) is 64.2 Å². The predicted octanol–water partition coefficient (Wildman–Crippen LogP) is 0.818. The molecular formula is C13H20N4O3S. The van der Waals surface area contributed by atoms with Gasteiger partial charge >= 0.3 is 12.0 Å². The van der Waals surface area contributed by atoms with Crippen molar-refractivity contribution in [2.75, 3.05) is 37.7 Å². The fraction of sp³-hybridized carbons (Fsp3) is 0.615. The number of imidazole rings is 1. The van der Waals surface area contributed by atoms with Crippen molar-refractivity contribution < 1.29 is 14.3 Å². The summed E-state index contributed by atoms with van der Waals surface area (Å²) in [5, 5.41) is 2.88. The van der Waals surface area contributed by atoms with Gasteiger partial charge in [0.25, 0.3) is 0 Å². The molecule has 0 saturated carbocycles. The Bertz CT molecular complexity index is 486. The van der Waals surface area contributed by atoms with Gasteiger partial charge in [0.2, 0.25) is 0 Å². The summed E-state index contributed by atoms with van der Waals surface area (Å²) in [7, 11) is 0. The van der Waals surface area contributed by atoms with E-state index in [1.165, 1.54) is 0 Å². The largest absolute Gasteiger partial charge is 0.461 e. The minimum absolute atomic E-state index is 0.0268. The zero-order chi connectivity index (χ0) is 15.1. The first-order valence-corrected chi connectivity index (χ1v) is 8.15. The van der Waals surface area contributed by atoms with Crippen molar-refractivity contribution in [1.29, 1.82) is 0 Å². The zero-order valence-corrected chi connectivity index (χ0v) is 12.9. The monoisotopic (exact) mass is 312 g/mol. The molecule has 7 nitrogen and oxygen atoms in total. The first kappa shape index (κ1) is 15.7. The number of thioether (sulfide) groups is 1. The molecule has 1 aliphatic rings. The molecule has 0 aliphatic carbocycles. The molecule has 1 aromatic rings. The number of urea groups is 1. The van der Waals surface area contributed by atoms with Gasteiger partial charge in [-0.05, 0) is 6.92 Å². The Morgan fingerprint density at radius 2 is 2.19 bits per heavy atom. The van der Waals surface area contributed by atoms with Crippen molar-refractivity contribution in [2.24, 2.45) is 0 Å². The van der Waals surface area contributed by atoms with Crippen molar-refractivity contribution in [2.45, 2.75) is 13.5 Å². The van der Waals surface area contributed by atoms with Crippen LogP contribution in [0.25, 0.3) is 0 Å². The van der Waals surface area contributed by atoms with Gasteiger partial charge in [0.05, 0.1) is 12.9 Å². The number of amides is 2. The lowest BCUT2D eigenvalue weighted by molar-refractivity contribution is 0.0520. The van der Waals surface area contributed by atoms with Crippen LogP contribution in [0.4, 0.5) is 4.79 Å². The minimum Gasteiger partial charge on any atom is -0.461 e.